The number of aryl methyl sites for hydroxylation is 1. The van der Waals surface area contributed by atoms with Crippen molar-refractivity contribution in [1.29, 1.82) is 0 Å². The monoisotopic (exact) mass is 475 g/mol. The van der Waals surface area contributed by atoms with Gasteiger partial charge in [-0.05, 0) is 69.9 Å². The highest BCUT2D eigenvalue weighted by Crippen LogP contribution is 2.35. The molecule has 2 aliphatic heterocycles. The lowest BCUT2D eigenvalue weighted by Crippen LogP contribution is -2.47. The van der Waals surface area contributed by atoms with Gasteiger partial charge in [0.15, 0.2) is 5.82 Å². The number of pyridine rings is 2. The third kappa shape index (κ3) is 4.29. The van der Waals surface area contributed by atoms with Gasteiger partial charge >= 0.3 is 0 Å². The molecule has 0 saturated heterocycles. The van der Waals surface area contributed by atoms with Gasteiger partial charge in [-0.3, -0.25) is 14.6 Å². The van der Waals surface area contributed by atoms with Crippen LogP contribution in [0.15, 0.2) is 30.5 Å². The van der Waals surface area contributed by atoms with Gasteiger partial charge in [0.2, 0.25) is 0 Å². The van der Waals surface area contributed by atoms with Gasteiger partial charge in [-0.25, -0.2) is 4.98 Å². The molecule has 0 spiro atoms. The average Bonchev–Trinajstić information content (AvgIpc) is 3.38. The van der Waals surface area contributed by atoms with E-state index in [2.05, 4.69) is 43.9 Å². The fourth-order valence-corrected chi connectivity index (χ4v) is 4.74. The van der Waals surface area contributed by atoms with E-state index in [0.717, 1.165) is 29.8 Å². The Hall–Kier alpha value is -3.66. The lowest BCUT2D eigenvalue weighted by atomic mass is 9.99. The zero-order valence-corrected chi connectivity index (χ0v) is 20.4. The van der Waals surface area contributed by atoms with E-state index in [1.807, 2.05) is 12.1 Å². The number of rotatable bonds is 4. The van der Waals surface area contributed by atoms with Crippen LogP contribution < -0.4 is 5.32 Å². The molecule has 3 aromatic heterocycles. The molecule has 10 nitrogen and oxygen atoms in total. The first-order valence-corrected chi connectivity index (χ1v) is 11.8. The maximum absolute atomic E-state index is 13.0. The molecule has 0 saturated carbocycles. The van der Waals surface area contributed by atoms with Crippen LogP contribution in [-0.2, 0) is 29.7 Å². The van der Waals surface area contributed by atoms with Crippen molar-refractivity contribution < 1.29 is 14.7 Å². The smallest absolute Gasteiger partial charge is 0.275 e. The van der Waals surface area contributed by atoms with Gasteiger partial charge in [-0.15, -0.1) is 10.2 Å². The fourth-order valence-electron chi connectivity index (χ4n) is 4.74. The Labute approximate surface area is 203 Å². The number of carbonyl (C=O) groups is 2. The van der Waals surface area contributed by atoms with E-state index >= 15 is 0 Å². The number of fused-ring (bicyclic) bond motifs is 2. The molecule has 0 aromatic carbocycles. The molecular weight excluding hydrogens is 446 g/mol. The molecular formula is C25H29N7O3. The molecule has 10 heteroatoms. The third-order valence-electron chi connectivity index (χ3n) is 6.65. The summed E-state index contributed by atoms with van der Waals surface area (Å²) < 4.78 is 2.12. The number of nitrogens with zero attached hydrogens (tertiary/aromatic N) is 6. The summed E-state index contributed by atoms with van der Waals surface area (Å²) in [7, 11) is 0. The highest BCUT2D eigenvalue weighted by molar-refractivity contribution is 6.02. The van der Waals surface area contributed by atoms with E-state index < -0.39 is 11.5 Å². The highest BCUT2D eigenvalue weighted by Gasteiger charge is 2.34. The summed E-state index contributed by atoms with van der Waals surface area (Å²) in [5.41, 5.74) is 1.17. The molecule has 5 heterocycles. The number of amides is 2. The van der Waals surface area contributed by atoms with Gasteiger partial charge in [0.1, 0.15) is 28.6 Å². The Balaban J connectivity index is 1.35. The van der Waals surface area contributed by atoms with E-state index in [1.54, 1.807) is 23.2 Å². The van der Waals surface area contributed by atoms with Crippen molar-refractivity contribution >= 4 is 17.6 Å². The number of anilines is 1. The molecule has 3 aromatic rings. The largest absolute Gasteiger partial charge is 0.381 e. The third-order valence-corrected chi connectivity index (χ3v) is 6.65. The van der Waals surface area contributed by atoms with E-state index in [-0.39, 0.29) is 17.1 Å². The van der Waals surface area contributed by atoms with Crippen molar-refractivity contribution in [1.82, 2.24) is 29.6 Å². The summed E-state index contributed by atoms with van der Waals surface area (Å²) in [6, 6.07) is 7.09. The zero-order valence-electron chi connectivity index (χ0n) is 20.4. The molecule has 35 heavy (non-hydrogen) atoms. The molecule has 2 amide bonds. The van der Waals surface area contributed by atoms with Crippen LogP contribution in [0.5, 0.6) is 0 Å². The van der Waals surface area contributed by atoms with Crippen molar-refractivity contribution in [3.63, 3.8) is 0 Å². The number of hydrogen-bond acceptors (Lipinski definition) is 7. The van der Waals surface area contributed by atoms with Gasteiger partial charge in [0.05, 0.1) is 0 Å². The Bertz CT molecular complexity index is 1320. The first-order valence-electron chi connectivity index (χ1n) is 11.8. The molecule has 182 valence electrons. The molecule has 0 bridgehead atoms. The molecule has 2 aliphatic rings. The molecule has 0 aliphatic carbocycles. The van der Waals surface area contributed by atoms with Gasteiger partial charge in [0, 0.05) is 31.2 Å². The standard InChI is InChI=1S/C25H29N7O3/c1-24(2)10-8-20-29-30-21(32(20)24)17-6-5-7-19(27-17)28-22(33)18-12-16-14-31(23(34)25(3,4)35)11-9-15(16)13-26-18/h5-7,12-13,35H,8-11,14H2,1-4H3,(H,27,28,33). The Morgan fingerprint density at radius 1 is 1.14 bits per heavy atom. The fraction of sp³-hybridized carbons (Fsp3) is 0.440. The number of hydrogen-bond donors (Lipinski definition) is 2. The van der Waals surface area contributed by atoms with Crippen molar-refractivity contribution in [3.05, 3.63) is 53.1 Å². The summed E-state index contributed by atoms with van der Waals surface area (Å²) in [6.07, 6.45) is 4.17. The minimum atomic E-state index is -1.44. The van der Waals surface area contributed by atoms with Crippen LogP contribution in [0.3, 0.4) is 0 Å². The van der Waals surface area contributed by atoms with Crippen LogP contribution in [-0.4, -0.2) is 58.7 Å². The molecule has 0 fully saturated rings. The lowest BCUT2D eigenvalue weighted by Gasteiger charge is -2.32. The quantitative estimate of drug-likeness (QED) is 0.593. The van der Waals surface area contributed by atoms with Crippen LogP contribution in [0.1, 0.15) is 61.6 Å². The van der Waals surface area contributed by atoms with Crippen LogP contribution in [0.4, 0.5) is 5.82 Å². The molecule has 2 N–H and O–H groups in total. The van der Waals surface area contributed by atoms with E-state index in [0.29, 0.717) is 36.8 Å². The second-order valence-corrected chi connectivity index (χ2v) is 10.3. The van der Waals surface area contributed by atoms with Gasteiger partial charge in [-0.1, -0.05) is 6.07 Å². The normalized spacial score (nSPS) is 16.5. The van der Waals surface area contributed by atoms with Crippen LogP contribution >= 0.6 is 0 Å². The minimum Gasteiger partial charge on any atom is -0.381 e. The predicted octanol–water partition coefficient (Wildman–Crippen LogP) is 2.32. The topological polar surface area (TPSA) is 126 Å². The predicted molar refractivity (Wildman–Crippen MR) is 129 cm³/mol. The summed E-state index contributed by atoms with van der Waals surface area (Å²) in [4.78, 5) is 36.0. The van der Waals surface area contributed by atoms with Crippen molar-refractivity contribution in [3.8, 4) is 11.5 Å². The maximum Gasteiger partial charge on any atom is 0.275 e. The Morgan fingerprint density at radius 3 is 2.71 bits per heavy atom. The van der Waals surface area contributed by atoms with E-state index in [9.17, 15) is 14.7 Å². The van der Waals surface area contributed by atoms with Crippen LogP contribution in [0.25, 0.3) is 11.5 Å². The SMILES string of the molecule is CC(C)(O)C(=O)N1CCc2cnc(C(=O)Nc3cccc(-c4nnc5n4C(C)(C)CC5)n3)cc2C1. The second-order valence-electron chi connectivity index (χ2n) is 10.3. The summed E-state index contributed by atoms with van der Waals surface area (Å²) >= 11 is 0. The zero-order chi connectivity index (χ0) is 25.0. The van der Waals surface area contributed by atoms with Crippen LogP contribution in [0, 0.1) is 0 Å². The van der Waals surface area contributed by atoms with E-state index in [4.69, 9.17) is 0 Å². The number of carbonyl (C=O) groups excluding carboxylic acids is 2. The van der Waals surface area contributed by atoms with E-state index in [1.165, 1.54) is 13.8 Å². The van der Waals surface area contributed by atoms with Crippen molar-refractivity contribution in [2.24, 2.45) is 0 Å². The summed E-state index contributed by atoms with van der Waals surface area (Å²) in [5.74, 6) is 1.28. The van der Waals surface area contributed by atoms with Crippen LogP contribution in [0.2, 0.25) is 0 Å². The number of aliphatic hydroxyl groups is 1. The van der Waals surface area contributed by atoms with Gasteiger partial charge < -0.3 is 19.9 Å². The molecule has 0 unspecified atom stereocenters. The summed E-state index contributed by atoms with van der Waals surface area (Å²) in [5, 5.41) is 21.6. The first-order chi connectivity index (χ1) is 16.5. The highest BCUT2D eigenvalue weighted by atomic mass is 16.3. The second kappa shape index (κ2) is 8.23. The summed E-state index contributed by atoms with van der Waals surface area (Å²) in [6.45, 7) is 8.09. The molecule has 0 radical (unpaired) electrons. The minimum absolute atomic E-state index is 0.0946. The van der Waals surface area contributed by atoms with Crippen molar-refractivity contribution in [2.45, 2.75) is 64.6 Å². The number of nitrogens with one attached hydrogen (secondary N) is 1. The molecule has 0 atom stereocenters. The van der Waals surface area contributed by atoms with Gasteiger partial charge in [0.25, 0.3) is 11.8 Å². The Morgan fingerprint density at radius 2 is 1.94 bits per heavy atom. The number of aromatic nitrogens is 5. The van der Waals surface area contributed by atoms with Crippen molar-refractivity contribution in [2.75, 3.05) is 11.9 Å². The lowest BCUT2D eigenvalue weighted by molar-refractivity contribution is -0.148. The maximum atomic E-state index is 13.0. The Kier molecular flexibility index (Phi) is 5.43. The average molecular weight is 476 g/mol. The van der Waals surface area contributed by atoms with Gasteiger partial charge in [-0.2, -0.15) is 0 Å². The molecule has 5 rings (SSSR count). The first kappa shape index (κ1) is 23.1.